The summed E-state index contributed by atoms with van der Waals surface area (Å²) in [5.74, 6) is 1.11. The van der Waals surface area contributed by atoms with E-state index in [1.807, 2.05) is 44.2 Å². The van der Waals surface area contributed by atoms with Crippen LogP contribution in [0.15, 0.2) is 36.4 Å². The minimum atomic E-state index is -0.0264. The highest BCUT2D eigenvalue weighted by atomic mass is 16.5. The van der Waals surface area contributed by atoms with E-state index < -0.39 is 0 Å². The summed E-state index contributed by atoms with van der Waals surface area (Å²) < 4.78 is 5.20. The number of carbonyl (C=O) groups excluding carboxylic acids is 1. The molecule has 2 aromatic carbocycles. The molecule has 1 unspecified atom stereocenters. The molecule has 2 nitrogen and oxygen atoms in total. The van der Waals surface area contributed by atoms with Gasteiger partial charge in [-0.25, -0.2) is 0 Å². The van der Waals surface area contributed by atoms with Gasteiger partial charge in [0.15, 0.2) is 0 Å². The molecule has 94 valence electrons. The Balaban J connectivity index is 2.42. The standard InChI is InChI=1S/C16H18O2/c1-4-16(17)11(2)12-5-6-14-10-15(18-3)8-7-13(14)9-12/h5-11H,4H2,1-3H3. The molecule has 0 aliphatic rings. The maximum absolute atomic E-state index is 11.7. The maximum Gasteiger partial charge on any atom is 0.139 e. The van der Waals surface area contributed by atoms with E-state index in [4.69, 9.17) is 4.74 Å². The molecule has 0 saturated heterocycles. The minimum absolute atomic E-state index is 0.0264. The lowest BCUT2D eigenvalue weighted by atomic mass is 9.93. The monoisotopic (exact) mass is 242 g/mol. The second-order valence-electron chi connectivity index (χ2n) is 4.51. The summed E-state index contributed by atoms with van der Waals surface area (Å²) in [5, 5.41) is 2.28. The Hall–Kier alpha value is -1.83. The third kappa shape index (κ3) is 2.37. The van der Waals surface area contributed by atoms with Gasteiger partial charge in [0.25, 0.3) is 0 Å². The molecule has 0 aromatic heterocycles. The Labute approximate surface area is 108 Å². The molecule has 0 aliphatic heterocycles. The van der Waals surface area contributed by atoms with E-state index in [-0.39, 0.29) is 11.7 Å². The number of benzene rings is 2. The van der Waals surface area contributed by atoms with Crippen molar-refractivity contribution in [2.24, 2.45) is 0 Å². The van der Waals surface area contributed by atoms with E-state index in [9.17, 15) is 4.79 Å². The van der Waals surface area contributed by atoms with Gasteiger partial charge in [-0.2, -0.15) is 0 Å². The lowest BCUT2D eigenvalue weighted by Gasteiger charge is -2.11. The molecule has 0 amide bonds. The Kier molecular flexibility index (Phi) is 3.66. The van der Waals surface area contributed by atoms with E-state index >= 15 is 0 Å². The third-order valence-corrected chi connectivity index (χ3v) is 3.40. The van der Waals surface area contributed by atoms with Crippen LogP contribution in [0.1, 0.15) is 31.7 Å². The van der Waals surface area contributed by atoms with Crippen LogP contribution in [-0.2, 0) is 4.79 Å². The highest BCUT2D eigenvalue weighted by Gasteiger charge is 2.13. The highest BCUT2D eigenvalue weighted by molar-refractivity contribution is 5.89. The van der Waals surface area contributed by atoms with Crippen LogP contribution >= 0.6 is 0 Å². The van der Waals surface area contributed by atoms with Crippen molar-refractivity contribution in [3.8, 4) is 5.75 Å². The van der Waals surface area contributed by atoms with Crippen molar-refractivity contribution in [3.05, 3.63) is 42.0 Å². The van der Waals surface area contributed by atoms with Crippen molar-refractivity contribution in [3.63, 3.8) is 0 Å². The number of ketones is 1. The zero-order chi connectivity index (χ0) is 13.1. The Morgan fingerprint density at radius 3 is 2.50 bits per heavy atom. The minimum Gasteiger partial charge on any atom is -0.497 e. The Bertz CT molecular complexity index is 572. The van der Waals surface area contributed by atoms with Gasteiger partial charge in [0, 0.05) is 12.3 Å². The van der Waals surface area contributed by atoms with Gasteiger partial charge in [0.1, 0.15) is 11.5 Å². The normalized spacial score (nSPS) is 12.4. The summed E-state index contributed by atoms with van der Waals surface area (Å²) in [6.07, 6.45) is 0.585. The van der Waals surface area contributed by atoms with Crippen molar-refractivity contribution in [2.75, 3.05) is 7.11 Å². The van der Waals surface area contributed by atoms with Crippen molar-refractivity contribution >= 4 is 16.6 Å². The topological polar surface area (TPSA) is 26.3 Å². The van der Waals surface area contributed by atoms with Crippen LogP contribution in [0.25, 0.3) is 10.8 Å². The average molecular weight is 242 g/mol. The molecule has 2 heteroatoms. The number of rotatable bonds is 4. The molecule has 0 radical (unpaired) electrons. The average Bonchev–Trinajstić information content (AvgIpc) is 2.44. The lowest BCUT2D eigenvalue weighted by Crippen LogP contribution is -2.07. The van der Waals surface area contributed by atoms with Crippen LogP contribution in [0.2, 0.25) is 0 Å². The van der Waals surface area contributed by atoms with Crippen molar-refractivity contribution in [1.29, 1.82) is 0 Å². The van der Waals surface area contributed by atoms with Crippen LogP contribution in [0.3, 0.4) is 0 Å². The molecule has 0 bridgehead atoms. The van der Waals surface area contributed by atoms with E-state index in [0.29, 0.717) is 6.42 Å². The second kappa shape index (κ2) is 5.21. The first-order chi connectivity index (χ1) is 8.65. The van der Waals surface area contributed by atoms with Crippen LogP contribution < -0.4 is 4.74 Å². The molecular weight excluding hydrogens is 224 g/mol. The maximum atomic E-state index is 11.7. The molecule has 2 aromatic rings. The molecule has 0 N–H and O–H groups in total. The van der Waals surface area contributed by atoms with Crippen molar-refractivity contribution in [2.45, 2.75) is 26.2 Å². The zero-order valence-electron chi connectivity index (χ0n) is 11.1. The quantitative estimate of drug-likeness (QED) is 0.812. The second-order valence-corrected chi connectivity index (χ2v) is 4.51. The molecule has 0 saturated carbocycles. The molecule has 18 heavy (non-hydrogen) atoms. The van der Waals surface area contributed by atoms with Gasteiger partial charge in [0.2, 0.25) is 0 Å². The van der Waals surface area contributed by atoms with Gasteiger partial charge in [-0.1, -0.05) is 38.1 Å². The number of hydrogen-bond donors (Lipinski definition) is 0. The zero-order valence-corrected chi connectivity index (χ0v) is 11.1. The molecule has 0 aliphatic carbocycles. The summed E-state index contributed by atoms with van der Waals surface area (Å²) >= 11 is 0. The van der Waals surface area contributed by atoms with E-state index in [1.165, 1.54) is 0 Å². The number of ether oxygens (including phenoxy) is 1. The Morgan fingerprint density at radius 2 is 1.83 bits per heavy atom. The molecular formula is C16H18O2. The van der Waals surface area contributed by atoms with Crippen LogP contribution in [-0.4, -0.2) is 12.9 Å². The molecule has 0 heterocycles. The van der Waals surface area contributed by atoms with Gasteiger partial charge in [-0.05, 0) is 28.5 Å². The number of fused-ring (bicyclic) bond motifs is 1. The van der Waals surface area contributed by atoms with E-state index in [1.54, 1.807) is 7.11 Å². The van der Waals surface area contributed by atoms with Gasteiger partial charge in [-0.15, -0.1) is 0 Å². The fraction of sp³-hybridized carbons (Fsp3) is 0.312. The van der Waals surface area contributed by atoms with E-state index in [0.717, 1.165) is 22.1 Å². The van der Waals surface area contributed by atoms with Gasteiger partial charge in [-0.3, -0.25) is 4.79 Å². The summed E-state index contributed by atoms with van der Waals surface area (Å²) in [4.78, 5) is 11.7. The van der Waals surface area contributed by atoms with E-state index in [2.05, 4.69) is 6.07 Å². The van der Waals surface area contributed by atoms with Crippen molar-refractivity contribution in [1.82, 2.24) is 0 Å². The lowest BCUT2D eigenvalue weighted by molar-refractivity contribution is -0.119. The summed E-state index contributed by atoms with van der Waals surface area (Å²) in [6, 6.07) is 12.1. The summed E-state index contributed by atoms with van der Waals surface area (Å²) in [7, 11) is 1.66. The van der Waals surface area contributed by atoms with Crippen LogP contribution in [0.4, 0.5) is 0 Å². The number of methoxy groups -OCH3 is 1. The summed E-state index contributed by atoms with van der Waals surface area (Å²) in [5.41, 5.74) is 1.08. The summed E-state index contributed by atoms with van der Waals surface area (Å²) in [6.45, 7) is 3.88. The fourth-order valence-corrected chi connectivity index (χ4v) is 2.13. The van der Waals surface area contributed by atoms with Crippen molar-refractivity contribution < 1.29 is 9.53 Å². The number of Topliss-reactive ketones (excluding diaryl/α,β-unsaturated/α-hetero) is 1. The van der Waals surface area contributed by atoms with Gasteiger partial charge in [0.05, 0.1) is 7.11 Å². The largest absolute Gasteiger partial charge is 0.497 e. The predicted octanol–water partition coefficient (Wildman–Crippen LogP) is 3.93. The molecule has 1 atom stereocenters. The SMILES string of the molecule is CCC(=O)C(C)c1ccc2cc(OC)ccc2c1. The molecule has 0 spiro atoms. The molecule has 2 rings (SSSR count). The number of carbonyl (C=O) groups is 1. The fourth-order valence-electron chi connectivity index (χ4n) is 2.13. The Morgan fingerprint density at radius 1 is 1.17 bits per heavy atom. The first-order valence-electron chi connectivity index (χ1n) is 6.26. The smallest absolute Gasteiger partial charge is 0.139 e. The molecule has 0 fully saturated rings. The van der Waals surface area contributed by atoms with Gasteiger partial charge < -0.3 is 4.74 Å². The first-order valence-corrected chi connectivity index (χ1v) is 6.26. The highest BCUT2D eigenvalue weighted by Crippen LogP contribution is 2.25. The number of hydrogen-bond acceptors (Lipinski definition) is 2. The first kappa shape index (κ1) is 12.6. The van der Waals surface area contributed by atoms with Crippen LogP contribution in [0.5, 0.6) is 5.75 Å². The third-order valence-electron chi connectivity index (χ3n) is 3.40. The van der Waals surface area contributed by atoms with Crippen LogP contribution in [0, 0.1) is 0 Å². The predicted molar refractivity (Wildman–Crippen MR) is 74.2 cm³/mol. The van der Waals surface area contributed by atoms with Gasteiger partial charge >= 0.3 is 0 Å².